The molecular formula is C25H20BrN3O2. The van der Waals surface area contributed by atoms with Crippen LogP contribution in [0.15, 0.2) is 88.4 Å². The van der Waals surface area contributed by atoms with Crippen molar-refractivity contribution in [1.29, 1.82) is 0 Å². The van der Waals surface area contributed by atoms with Gasteiger partial charge in [-0.3, -0.25) is 9.78 Å². The molecular weight excluding hydrogens is 454 g/mol. The molecule has 1 N–H and O–H groups in total. The highest BCUT2D eigenvalue weighted by Crippen LogP contribution is 2.20. The van der Waals surface area contributed by atoms with E-state index in [1.165, 1.54) is 0 Å². The first-order chi connectivity index (χ1) is 15.1. The first-order valence-electron chi connectivity index (χ1n) is 9.76. The monoisotopic (exact) mass is 473 g/mol. The molecule has 31 heavy (non-hydrogen) atoms. The van der Waals surface area contributed by atoms with Crippen LogP contribution < -0.4 is 10.2 Å². The van der Waals surface area contributed by atoms with Gasteiger partial charge in [-0.2, -0.15) is 5.10 Å². The molecule has 0 aliphatic carbocycles. The van der Waals surface area contributed by atoms with Crippen molar-refractivity contribution in [2.45, 2.75) is 13.5 Å². The summed E-state index contributed by atoms with van der Waals surface area (Å²) >= 11 is 3.47. The second-order valence-corrected chi connectivity index (χ2v) is 7.90. The smallest absolute Gasteiger partial charge is 0.272 e. The quantitative estimate of drug-likeness (QED) is 0.290. The van der Waals surface area contributed by atoms with Gasteiger partial charge in [0.25, 0.3) is 5.91 Å². The van der Waals surface area contributed by atoms with Crippen molar-refractivity contribution >= 4 is 39.0 Å². The number of aryl methyl sites for hydroxylation is 1. The lowest BCUT2D eigenvalue weighted by Gasteiger charge is -2.09. The number of pyridine rings is 1. The van der Waals surface area contributed by atoms with E-state index < -0.39 is 0 Å². The van der Waals surface area contributed by atoms with E-state index in [1.807, 2.05) is 79.7 Å². The molecule has 4 aromatic rings. The SMILES string of the molecule is Cc1cc(C(=O)N/N=C\c2ccccc2OCc2cccc(Br)c2)c2ccccc2n1. The third kappa shape index (κ3) is 5.16. The van der Waals surface area contributed by atoms with Gasteiger partial charge in [0.2, 0.25) is 0 Å². The summed E-state index contributed by atoms with van der Waals surface area (Å²) in [5.41, 5.74) is 6.54. The first kappa shape index (κ1) is 20.8. The van der Waals surface area contributed by atoms with Gasteiger partial charge in [0.05, 0.1) is 17.3 Å². The molecule has 1 heterocycles. The number of carbonyl (C=O) groups is 1. The molecule has 0 radical (unpaired) electrons. The Balaban J connectivity index is 1.48. The standard InChI is InChI=1S/C25H20BrN3O2/c1-17-13-22(21-10-3-4-11-23(21)28-17)25(30)29-27-15-19-8-2-5-12-24(19)31-16-18-7-6-9-20(26)14-18/h2-15H,16H2,1H3,(H,29,30)/b27-15-. The summed E-state index contributed by atoms with van der Waals surface area (Å²) < 4.78 is 6.97. The van der Waals surface area contributed by atoms with Crippen LogP contribution in [-0.4, -0.2) is 17.1 Å². The van der Waals surface area contributed by atoms with Gasteiger partial charge in [-0.15, -0.1) is 0 Å². The fourth-order valence-electron chi connectivity index (χ4n) is 3.22. The van der Waals surface area contributed by atoms with Gasteiger partial charge in [0.1, 0.15) is 12.4 Å². The summed E-state index contributed by atoms with van der Waals surface area (Å²) in [4.78, 5) is 17.2. The van der Waals surface area contributed by atoms with Crippen LogP contribution in [0.4, 0.5) is 0 Å². The predicted molar refractivity (Wildman–Crippen MR) is 126 cm³/mol. The van der Waals surface area contributed by atoms with E-state index in [0.717, 1.165) is 32.2 Å². The van der Waals surface area contributed by atoms with Gasteiger partial charge < -0.3 is 4.74 Å². The Hall–Kier alpha value is -3.51. The summed E-state index contributed by atoms with van der Waals surface area (Å²) in [6.45, 7) is 2.30. The summed E-state index contributed by atoms with van der Waals surface area (Å²) in [7, 11) is 0. The fraction of sp³-hybridized carbons (Fsp3) is 0.0800. The molecule has 154 valence electrons. The van der Waals surface area contributed by atoms with E-state index in [9.17, 15) is 4.79 Å². The van der Waals surface area contributed by atoms with Crippen LogP contribution in [-0.2, 0) is 6.61 Å². The lowest BCUT2D eigenvalue weighted by Crippen LogP contribution is -2.18. The largest absolute Gasteiger partial charge is 0.488 e. The number of carbonyl (C=O) groups excluding carboxylic acids is 1. The van der Waals surface area contributed by atoms with Crippen molar-refractivity contribution in [3.63, 3.8) is 0 Å². The number of para-hydroxylation sites is 2. The molecule has 0 saturated heterocycles. The Labute approximate surface area is 188 Å². The number of rotatable bonds is 6. The number of nitrogens with zero attached hydrogens (tertiary/aromatic N) is 2. The summed E-state index contributed by atoms with van der Waals surface area (Å²) in [5.74, 6) is 0.399. The van der Waals surface area contributed by atoms with Crippen LogP contribution in [0.25, 0.3) is 10.9 Å². The van der Waals surface area contributed by atoms with Crippen LogP contribution >= 0.6 is 15.9 Å². The van der Waals surface area contributed by atoms with Gasteiger partial charge in [-0.1, -0.05) is 58.4 Å². The molecule has 0 bridgehead atoms. The van der Waals surface area contributed by atoms with E-state index in [4.69, 9.17) is 4.74 Å². The fourth-order valence-corrected chi connectivity index (χ4v) is 3.67. The molecule has 0 aliphatic heterocycles. The average Bonchev–Trinajstić information content (AvgIpc) is 2.78. The normalized spacial score (nSPS) is 11.0. The third-order valence-electron chi connectivity index (χ3n) is 4.66. The molecule has 0 aliphatic rings. The van der Waals surface area contributed by atoms with Crippen LogP contribution in [0, 0.1) is 6.92 Å². The molecule has 0 saturated carbocycles. The van der Waals surface area contributed by atoms with Gasteiger partial charge in [0.15, 0.2) is 0 Å². The molecule has 0 fully saturated rings. The third-order valence-corrected chi connectivity index (χ3v) is 5.15. The highest BCUT2D eigenvalue weighted by molar-refractivity contribution is 9.10. The van der Waals surface area contributed by atoms with Crippen molar-refractivity contribution in [2.24, 2.45) is 5.10 Å². The minimum absolute atomic E-state index is 0.287. The predicted octanol–water partition coefficient (Wildman–Crippen LogP) is 5.65. The number of benzene rings is 3. The number of hydrogen-bond donors (Lipinski definition) is 1. The maximum Gasteiger partial charge on any atom is 0.272 e. The summed E-state index contributed by atoms with van der Waals surface area (Å²) in [5, 5.41) is 4.94. The zero-order valence-corrected chi connectivity index (χ0v) is 18.5. The number of ether oxygens (including phenoxy) is 1. The molecule has 0 atom stereocenters. The molecule has 6 heteroatoms. The van der Waals surface area contributed by atoms with Crippen molar-refractivity contribution in [3.8, 4) is 5.75 Å². The molecule has 4 rings (SSSR count). The van der Waals surface area contributed by atoms with Crippen LogP contribution in [0.1, 0.15) is 27.2 Å². The summed E-state index contributed by atoms with van der Waals surface area (Å²) in [6.07, 6.45) is 1.59. The molecule has 3 aromatic carbocycles. The van der Waals surface area contributed by atoms with Crippen molar-refractivity contribution in [1.82, 2.24) is 10.4 Å². The Kier molecular flexibility index (Phi) is 6.38. The highest BCUT2D eigenvalue weighted by atomic mass is 79.9. The Morgan fingerprint density at radius 2 is 1.87 bits per heavy atom. The van der Waals surface area contributed by atoms with Crippen molar-refractivity contribution < 1.29 is 9.53 Å². The van der Waals surface area contributed by atoms with Gasteiger partial charge in [-0.05, 0) is 48.9 Å². The van der Waals surface area contributed by atoms with E-state index >= 15 is 0 Å². The number of hydrogen-bond acceptors (Lipinski definition) is 4. The average molecular weight is 474 g/mol. The molecule has 0 spiro atoms. The van der Waals surface area contributed by atoms with Crippen LogP contribution in [0.2, 0.25) is 0 Å². The Morgan fingerprint density at radius 1 is 1.06 bits per heavy atom. The minimum Gasteiger partial charge on any atom is -0.488 e. The molecule has 5 nitrogen and oxygen atoms in total. The maximum absolute atomic E-state index is 12.7. The second kappa shape index (κ2) is 9.53. The van der Waals surface area contributed by atoms with E-state index in [1.54, 1.807) is 12.3 Å². The second-order valence-electron chi connectivity index (χ2n) is 6.98. The van der Waals surface area contributed by atoms with E-state index in [0.29, 0.717) is 17.9 Å². The topological polar surface area (TPSA) is 63.6 Å². The number of nitrogens with one attached hydrogen (secondary N) is 1. The van der Waals surface area contributed by atoms with Gasteiger partial charge in [0, 0.05) is 21.1 Å². The van der Waals surface area contributed by atoms with E-state index in [2.05, 4.69) is 31.4 Å². The Bertz CT molecular complexity index is 1270. The number of aromatic nitrogens is 1. The van der Waals surface area contributed by atoms with E-state index in [-0.39, 0.29) is 5.91 Å². The molecule has 1 aromatic heterocycles. The Morgan fingerprint density at radius 3 is 2.74 bits per heavy atom. The minimum atomic E-state index is -0.287. The van der Waals surface area contributed by atoms with Gasteiger partial charge in [-0.25, -0.2) is 5.43 Å². The van der Waals surface area contributed by atoms with Gasteiger partial charge >= 0.3 is 0 Å². The van der Waals surface area contributed by atoms with Crippen LogP contribution in [0.5, 0.6) is 5.75 Å². The summed E-state index contributed by atoms with van der Waals surface area (Å²) in [6, 6.07) is 24.8. The number of fused-ring (bicyclic) bond motifs is 1. The number of amides is 1. The zero-order valence-electron chi connectivity index (χ0n) is 16.9. The molecule has 1 amide bonds. The number of hydrazone groups is 1. The molecule has 0 unspecified atom stereocenters. The highest BCUT2D eigenvalue weighted by Gasteiger charge is 2.11. The lowest BCUT2D eigenvalue weighted by molar-refractivity contribution is 0.0956. The zero-order chi connectivity index (χ0) is 21.6. The lowest BCUT2D eigenvalue weighted by atomic mass is 10.1. The first-order valence-corrected chi connectivity index (χ1v) is 10.6. The maximum atomic E-state index is 12.7. The number of halogens is 1. The van der Waals surface area contributed by atoms with Crippen molar-refractivity contribution in [3.05, 3.63) is 106 Å². The van der Waals surface area contributed by atoms with Crippen LogP contribution in [0.3, 0.4) is 0 Å². The van der Waals surface area contributed by atoms with Crippen molar-refractivity contribution in [2.75, 3.05) is 0 Å².